The van der Waals surface area contributed by atoms with E-state index in [9.17, 15) is 0 Å². The summed E-state index contributed by atoms with van der Waals surface area (Å²) in [4.78, 5) is 7.24. The molecule has 1 saturated carbocycles. The van der Waals surface area contributed by atoms with Crippen LogP contribution < -0.4 is 10.6 Å². The van der Waals surface area contributed by atoms with Gasteiger partial charge < -0.3 is 10.6 Å². The zero-order valence-electron chi connectivity index (χ0n) is 13.2. The topological polar surface area (TPSA) is 42.1 Å². The zero-order valence-corrected chi connectivity index (χ0v) is 13.2. The highest BCUT2D eigenvalue weighted by Crippen LogP contribution is 2.30. The van der Waals surface area contributed by atoms with Crippen LogP contribution in [0.5, 0.6) is 0 Å². The lowest BCUT2D eigenvalue weighted by Gasteiger charge is -2.37. The molecule has 3 heteroatoms. The van der Waals surface area contributed by atoms with E-state index in [1.54, 1.807) is 0 Å². The maximum absolute atomic E-state index is 5.84. The lowest BCUT2D eigenvalue weighted by atomic mass is 9.85. The van der Waals surface area contributed by atoms with E-state index in [-0.39, 0.29) is 0 Å². The van der Waals surface area contributed by atoms with Crippen LogP contribution in [0.1, 0.15) is 57.2 Å². The van der Waals surface area contributed by atoms with E-state index in [1.807, 2.05) is 0 Å². The van der Waals surface area contributed by atoms with Crippen molar-refractivity contribution in [2.45, 2.75) is 65.0 Å². The Kier molecular flexibility index (Phi) is 5.41. The lowest BCUT2D eigenvalue weighted by molar-refractivity contribution is 0.320. The SMILES string of the molecule is CCCc1cc(CN)cc(N(C)C2CCCCC2C)n1. The Labute approximate surface area is 123 Å². The second kappa shape index (κ2) is 7.07. The van der Waals surface area contributed by atoms with Crippen molar-refractivity contribution in [2.24, 2.45) is 11.7 Å². The van der Waals surface area contributed by atoms with Crippen LogP contribution >= 0.6 is 0 Å². The van der Waals surface area contributed by atoms with Crippen LogP contribution in [-0.4, -0.2) is 18.1 Å². The maximum Gasteiger partial charge on any atom is 0.129 e. The van der Waals surface area contributed by atoms with Gasteiger partial charge in [0.15, 0.2) is 0 Å². The van der Waals surface area contributed by atoms with E-state index >= 15 is 0 Å². The first kappa shape index (κ1) is 15.3. The molecule has 2 N–H and O–H groups in total. The quantitative estimate of drug-likeness (QED) is 0.894. The van der Waals surface area contributed by atoms with Crippen LogP contribution in [0.2, 0.25) is 0 Å². The normalized spacial score (nSPS) is 22.8. The summed E-state index contributed by atoms with van der Waals surface area (Å²) in [7, 11) is 2.20. The molecule has 1 aliphatic rings. The molecule has 2 unspecified atom stereocenters. The molecule has 20 heavy (non-hydrogen) atoms. The van der Waals surface area contributed by atoms with E-state index in [0.717, 1.165) is 24.6 Å². The molecular weight excluding hydrogens is 246 g/mol. The van der Waals surface area contributed by atoms with Crippen LogP contribution in [0.25, 0.3) is 0 Å². The second-order valence-electron chi connectivity index (χ2n) is 6.22. The van der Waals surface area contributed by atoms with E-state index in [1.165, 1.54) is 36.9 Å². The standard InChI is InChI=1S/C17H29N3/c1-4-7-15-10-14(12-18)11-17(19-15)20(3)16-9-6-5-8-13(16)2/h10-11,13,16H,4-9,12,18H2,1-3H3. The van der Waals surface area contributed by atoms with Gasteiger partial charge in [0, 0.05) is 25.3 Å². The molecule has 1 aromatic heterocycles. The highest BCUT2D eigenvalue weighted by Gasteiger charge is 2.26. The molecule has 2 rings (SSSR count). The predicted molar refractivity (Wildman–Crippen MR) is 85.9 cm³/mol. The first-order chi connectivity index (χ1) is 9.65. The smallest absolute Gasteiger partial charge is 0.129 e. The molecule has 0 spiro atoms. The van der Waals surface area contributed by atoms with E-state index in [4.69, 9.17) is 10.7 Å². The van der Waals surface area contributed by atoms with Crippen molar-refractivity contribution in [3.8, 4) is 0 Å². The molecular formula is C17H29N3. The summed E-state index contributed by atoms with van der Waals surface area (Å²) in [5.41, 5.74) is 8.23. The summed E-state index contributed by atoms with van der Waals surface area (Å²) in [6, 6.07) is 4.95. The van der Waals surface area contributed by atoms with Gasteiger partial charge in [0.1, 0.15) is 5.82 Å². The van der Waals surface area contributed by atoms with E-state index in [0.29, 0.717) is 12.6 Å². The maximum atomic E-state index is 5.84. The highest BCUT2D eigenvalue weighted by molar-refractivity contribution is 5.43. The van der Waals surface area contributed by atoms with Gasteiger partial charge in [0.25, 0.3) is 0 Å². The highest BCUT2D eigenvalue weighted by atomic mass is 15.2. The summed E-state index contributed by atoms with van der Waals surface area (Å²) in [5.74, 6) is 1.86. The Hall–Kier alpha value is -1.09. The first-order valence-electron chi connectivity index (χ1n) is 8.08. The van der Waals surface area contributed by atoms with Crippen LogP contribution in [0, 0.1) is 5.92 Å². The molecule has 1 heterocycles. The first-order valence-corrected chi connectivity index (χ1v) is 8.08. The molecule has 3 nitrogen and oxygen atoms in total. The van der Waals surface area contributed by atoms with Gasteiger partial charge in [-0.05, 0) is 42.9 Å². The minimum atomic E-state index is 0.598. The Morgan fingerprint density at radius 2 is 2.05 bits per heavy atom. The van der Waals surface area contributed by atoms with Gasteiger partial charge in [0.05, 0.1) is 0 Å². The van der Waals surface area contributed by atoms with Gasteiger partial charge in [-0.3, -0.25) is 0 Å². The summed E-state index contributed by atoms with van der Waals surface area (Å²) in [6.45, 7) is 5.17. The summed E-state index contributed by atoms with van der Waals surface area (Å²) in [5, 5.41) is 0. The van der Waals surface area contributed by atoms with Crippen molar-refractivity contribution in [1.82, 2.24) is 4.98 Å². The molecule has 0 aliphatic heterocycles. The van der Waals surface area contributed by atoms with Crippen LogP contribution in [0.3, 0.4) is 0 Å². The fourth-order valence-corrected chi connectivity index (χ4v) is 3.36. The van der Waals surface area contributed by atoms with Crippen LogP contribution in [0.4, 0.5) is 5.82 Å². The molecule has 0 radical (unpaired) electrons. The number of rotatable bonds is 5. The van der Waals surface area contributed by atoms with Crippen molar-refractivity contribution >= 4 is 5.82 Å². The number of hydrogen-bond donors (Lipinski definition) is 1. The number of aromatic nitrogens is 1. The summed E-state index contributed by atoms with van der Waals surface area (Å²) >= 11 is 0. The van der Waals surface area contributed by atoms with Crippen molar-refractivity contribution in [1.29, 1.82) is 0 Å². The molecule has 0 saturated heterocycles. The minimum Gasteiger partial charge on any atom is -0.356 e. The van der Waals surface area contributed by atoms with Crippen molar-refractivity contribution < 1.29 is 0 Å². The third-order valence-electron chi connectivity index (χ3n) is 4.59. The fourth-order valence-electron chi connectivity index (χ4n) is 3.36. The third kappa shape index (κ3) is 3.51. The molecule has 2 atom stereocenters. The number of aryl methyl sites for hydroxylation is 1. The van der Waals surface area contributed by atoms with Gasteiger partial charge in [-0.15, -0.1) is 0 Å². The van der Waals surface area contributed by atoms with Crippen LogP contribution in [0.15, 0.2) is 12.1 Å². The zero-order chi connectivity index (χ0) is 14.5. The van der Waals surface area contributed by atoms with Gasteiger partial charge in [-0.2, -0.15) is 0 Å². The monoisotopic (exact) mass is 275 g/mol. The van der Waals surface area contributed by atoms with Crippen molar-refractivity contribution in [3.63, 3.8) is 0 Å². The summed E-state index contributed by atoms with van der Waals surface area (Å²) < 4.78 is 0. The molecule has 112 valence electrons. The molecule has 0 aromatic carbocycles. The molecule has 0 amide bonds. The Morgan fingerprint density at radius 3 is 2.70 bits per heavy atom. The molecule has 1 aliphatic carbocycles. The van der Waals surface area contributed by atoms with Crippen molar-refractivity contribution in [2.75, 3.05) is 11.9 Å². The van der Waals surface area contributed by atoms with Gasteiger partial charge >= 0.3 is 0 Å². The Morgan fingerprint density at radius 1 is 1.30 bits per heavy atom. The predicted octanol–water partition coefficient (Wildman–Crippen LogP) is 3.51. The fraction of sp³-hybridized carbons (Fsp3) is 0.706. The summed E-state index contributed by atoms with van der Waals surface area (Å²) in [6.07, 6.45) is 7.52. The number of nitrogens with two attached hydrogens (primary N) is 1. The molecule has 1 fully saturated rings. The average molecular weight is 275 g/mol. The third-order valence-corrected chi connectivity index (χ3v) is 4.59. The second-order valence-corrected chi connectivity index (χ2v) is 6.22. The van der Waals surface area contributed by atoms with E-state index < -0.39 is 0 Å². The molecule has 1 aromatic rings. The van der Waals surface area contributed by atoms with Gasteiger partial charge in [-0.25, -0.2) is 4.98 Å². The number of anilines is 1. The average Bonchev–Trinajstić information content (AvgIpc) is 2.47. The van der Waals surface area contributed by atoms with Crippen LogP contribution in [-0.2, 0) is 13.0 Å². The Bertz CT molecular complexity index is 430. The van der Waals surface area contributed by atoms with E-state index in [2.05, 4.69) is 37.9 Å². The minimum absolute atomic E-state index is 0.598. The number of pyridine rings is 1. The Balaban J connectivity index is 2.23. The van der Waals surface area contributed by atoms with Gasteiger partial charge in [-0.1, -0.05) is 33.1 Å². The lowest BCUT2D eigenvalue weighted by Crippen LogP contribution is -2.39. The number of hydrogen-bond acceptors (Lipinski definition) is 3. The van der Waals surface area contributed by atoms with Crippen molar-refractivity contribution in [3.05, 3.63) is 23.4 Å². The molecule has 0 bridgehead atoms. The largest absolute Gasteiger partial charge is 0.356 e. The van der Waals surface area contributed by atoms with Gasteiger partial charge in [0.2, 0.25) is 0 Å². The number of nitrogens with zero attached hydrogens (tertiary/aromatic N) is 2.